The van der Waals surface area contributed by atoms with Crippen molar-refractivity contribution in [3.8, 4) is 28.7 Å². The smallest absolute Gasteiger partial charge is 0.214 e. The first-order valence-electron chi connectivity index (χ1n) is 6.10. The Labute approximate surface area is 113 Å². The van der Waals surface area contributed by atoms with Crippen LogP contribution in [-0.4, -0.2) is 10.1 Å². The van der Waals surface area contributed by atoms with E-state index in [1.807, 2.05) is 0 Å². The van der Waals surface area contributed by atoms with Crippen LogP contribution in [-0.2, 0) is 6.42 Å². The van der Waals surface area contributed by atoms with Crippen molar-refractivity contribution in [2.75, 3.05) is 0 Å². The molecule has 0 aromatic heterocycles. The summed E-state index contributed by atoms with van der Waals surface area (Å²) in [6.45, 7) is 3.66. The molecule has 0 atom stereocenters. The number of allylic oxidation sites excluding steroid dienone is 1. The van der Waals surface area contributed by atoms with Crippen molar-refractivity contribution >= 4 is 11.1 Å². The lowest BCUT2D eigenvalue weighted by Gasteiger charge is -2.07. The van der Waals surface area contributed by atoms with Gasteiger partial charge in [0.2, 0.25) is 11.5 Å². The molecule has 0 bridgehead atoms. The molecule has 2 heterocycles. The first-order valence-corrected chi connectivity index (χ1v) is 6.10. The fourth-order valence-electron chi connectivity index (χ4n) is 2.32. The van der Waals surface area contributed by atoms with Crippen LogP contribution >= 0.6 is 0 Å². The van der Waals surface area contributed by atoms with Crippen LogP contribution in [0.25, 0.3) is 22.6 Å². The Hall–Kier alpha value is -2.82. The van der Waals surface area contributed by atoms with Crippen molar-refractivity contribution in [3.63, 3.8) is 0 Å². The van der Waals surface area contributed by atoms with Gasteiger partial charge in [0.25, 0.3) is 0 Å². The van der Waals surface area contributed by atoms with Gasteiger partial charge < -0.3 is 14.3 Å². The fourth-order valence-corrected chi connectivity index (χ4v) is 2.32. The van der Waals surface area contributed by atoms with Gasteiger partial charge in [-0.3, -0.25) is 4.79 Å². The fraction of sp³-hybridized carbons (Fsp3) is 0.0667. The van der Waals surface area contributed by atoms with Crippen LogP contribution < -0.4 is 10.2 Å². The minimum absolute atomic E-state index is 0.0515. The zero-order valence-corrected chi connectivity index (χ0v) is 10.3. The largest absolute Gasteiger partial charge is 0.504 e. The summed E-state index contributed by atoms with van der Waals surface area (Å²) >= 11 is 0. The molecule has 98 valence electrons. The highest BCUT2D eigenvalue weighted by Gasteiger charge is 2.34. The minimum Gasteiger partial charge on any atom is -0.504 e. The average molecular weight is 267 g/mol. The van der Waals surface area contributed by atoms with E-state index in [0.29, 0.717) is 46.0 Å². The predicted molar refractivity (Wildman–Crippen MR) is 72.5 cm³/mol. The zero-order chi connectivity index (χ0) is 13.9. The first kappa shape index (κ1) is 11.0. The molecule has 0 saturated heterocycles. The summed E-state index contributed by atoms with van der Waals surface area (Å²) in [4.78, 5) is 15.8. The molecule has 0 amide bonds. The lowest BCUT2D eigenvalue weighted by atomic mass is 10.1. The van der Waals surface area contributed by atoms with Crippen LogP contribution in [0.15, 0.2) is 40.1 Å². The van der Waals surface area contributed by atoms with Crippen LogP contribution in [0, 0.1) is 0 Å². The first-order chi connectivity index (χ1) is 9.69. The number of rotatable bonds is 2. The van der Waals surface area contributed by atoms with Crippen LogP contribution in [0.3, 0.4) is 0 Å². The maximum Gasteiger partial charge on any atom is 0.214 e. The molecule has 0 saturated carbocycles. The molecule has 1 N–H and O–H groups in total. The molecule has 20 heavy (non-hydrogen) atoms. The number of phenols is 1. The van der Waals surface area contributed by atoms with Crippen LogP contribution in [0.2, 0.25) is 0 Å². The molecular weight excluding hydrogens is 258 g/mol. The highest BCUT2D eigenvalue weighted by atomic mass is 16.6. The number of ether oxygens (including phenoxy) is 1. The summed E-state index contributed by atoms with van der Waals surface area (Å²) in [5.41, 5.74) is 1.97. The monoisotopic (exact) mass is 267 g/mol. The third-order valence-corrected chi connectivity index (χ3v) is 3.30. The SMILES string of the molecule is C=CCc1c(O)c2c(c3nc4ccc(=O)cc-4oc13)O2. The molecule has 1 aromatic rings. The van der Waals surface area contributed by atoms with Crippen molar-refractivity contribution in [2.24, 2.45) is 0 Å². The number of nitrogens with zero attached hydrogens (tertiary/aromatic N) is 1. The van der Waals surface area contributed by atoms with E-state index in [9.17, 15) is 9.90 Å². The van der Waals surface area contributed by atoms with Gasteiger partial charge >= 0.3 is 0 Å². The Morgan fingerprint density at radius 2 is 2.20 bits per heavy atom. The van der Waals surface area contributed by atoms with Crippen LogP contribution in [0.4, 0.5) is 0 Å². The Kier molecular flexibility index (Phi) is 1.99. The van der Waals surface area contributed by atoms with Gasteiger partial charge in [-0.25, -0.2) is 4.98 Å². The molecule has 0 spiro atoms. The number of benzene rings is 2. The quantitative estimate of drug-likeness (QED) is 0.343. The predicted octanol–water partition coefficient (Wildman–Crippen LogP) is 2.83. The van der Waals surface area contributed by atoms with Crippen molar-refractivity contribution in [2.45, 2.75) is 6.42 Å². The molecule has 0 radical (unpaired) electrons. The highest BCUT2D eigenvalue weighted by Crippen LogP contribution is 2.58. The second-order valence-corrected chi connectivity index (χ2v) is 4.60. The van der Waals surface area contributed by atoms with E-state index in [0.717, 1.165) is 0 Å². The third-order valence-electron chi connectivity index (χ3n) is 3.30. The molecule has 1 aromatic carbocycles. The van der Waals surface area contributed by atoms with Gasteiger partial charge in [-0.1, -0.05) is 6.08 Å². The summed E-state index contributed by atoms with van der Waals surface area (Å²) in [5.74, 6) is 1.41. The number of hydrogen-bond donors (Lipinski definition) is 1. The van der Waals surface area contributed by atoms with Crippen molar-refractivity contribution in [1.82, 2.24) is 4.98 Å². The Morgan fingerprint density at radius 3 is 3.00 bits per heavy atom. The third kappa shape index (κ3) is 1.37. The topological polar surface area (TPSA) is 75.9 Å². The summed E-state index contributed by atoms with van der Waals surface area (Å²) in [6, 6.07) is 4.42. The molecule has 3 aliphatic rings. The van der Waals surface area contributed by atoms with Gasteiger partial charge in [-0.05, 0) is 18.6 Å². The zero-order valence-electron chi connectivity index (χ0n) is 10.3. The van der Waals surface area contributed by atoms with Crippen molar-refractivity contribution in [3.05, 3.63) is 46.6 Å². The van der Waals surface area contributed by atoms with Gasteiger partial charge in [0, 0.05) is 11.6 Å². The summed E-state index contributed by atoms with van der Waals surface area (Å²) < 4.78 is 11.0. The number of phenolic OH excluding ortho intramolecular Hbond substituents is 1. The maximum absolute atomic E-state index is 11.4. The van der Waals surface area contributed by atoms with Crippen molar-refractivity contribution < 1.29 is 14.3 Å². The lowest BCUT2D eigenvalue weighted by Crippen LogP contribution is -1.99. The van der Waals surface area contributed by atoms with Gasteiger partial charge in [0.15, 0.2) is 28.0 Å². The van der Waals surface area contributed by atoms with Crippen LogP contribution in [0.5, 0.6) is 17.2 Å². The van der Waals surface area contributed by atoms with Gasteiger partial charge in [-0.15, -0.1) is 6.58 Å². The van der Waals surface area contributed by atoms with E-state index in [2.05, 4.69) is 11.6 Å². The van der Waals surface area contributed by atoms with E-state index >= 15 is 0 Å². The molecule has 0 fully saturated rings. The van der Waals surface area contributed by atoms with E-state index in [-0.39, 0.29) is 11.2 Å². The molecule has 5 nitrogen and oxygen atoms in total. The van der Waals surface area contributed by atoms with Gasteiger partial charge in [0.05, 0.1) is 0 Å². The normalized spacial score (nSPS) is 12.2. The molecule has 0 unspecified atom stereocenters. The molecule has 2 aliphatic heterocycles. The van der Waals surface area contributed by atoms with E-state index in [1.165, 1.54) is 12.1 Å². The van der Waals surface area contributed by atoms with Gasteiger partial charge in [-0.2, -0.15) is 0 Å². The lowest BCUT2D eigenvalue weighted by molar-refractivity contribution is 0.457. The Balaban J connectivity index is 2.17. The second-order valence-electron chi connectivity index (χ2n) is 4.60. The summed E-state index contributed by atoms with van der Waals surface area (Å²) in [5, 5.41) is 10.1. The second kappa shape index (κ2) is 3.60. The molecule has 5 heteroatoms. The van der Waals surface area contributed by atoms with E-state index in [4.69, 9.17) is 9.15 Å². The Morgan fingerprint density at radius 1 is 1.35 bits per heavy atom. The highest BCUT2D eigenvalue weighted by molar-refractivity contribution is 5.95. The average Bonchev–Trinajstić information content (AvgIpc) is 3.22. The maximum atomic E-state index is 11.4. The van der Waals surface area contributed by atoms with Gasteiger partial charge in [0.1, 0.15) is 5.69 Å². The molecule has 1 aliphatic carbocycles. The Bertz CT molecular complexity index is 910. The number of hydrogen-bond acceptors (Lipinski definition) is 5. The van der Waals surface area contributed by atoms with Crippen molar-refractivity contribution in [1.29, 1.82) is 0 Å². The number of aromatic nitrogens is 1. The number of aromatic hydroxyl groups is 1. The molecular formula is C15H9NO4. The van der Waals surface area contributed by atoms with Crippen LogP contribution in [0.1, 0.15) is 5.56 Å². The summed E-state index contributed by atoms with van der Waals surface area (Å²) in [6.07, 6.45) is 2.08. The number of fused-ring (bicyclic) bond motifs is 4. The van der Waals surface area contributed by atoms with E-state index in [1.54, 1.807) is 12.1 Å². The minimum atomic E-state index is -0.153. The summed E-state index contributed by atoms with van der Waals surface area (Å²) in [7, 11) is 0. The standard InChI is InChI=1S/C15H9NO4/c1-2-3-8-12(18)15-14(20-15)11-13(8)19-10-6-7(17)4-5-9(10)16-11/h2,4-6,18H,1,3H2. The van der Waals surface area contributed by atoms with E-state index < -0.39 is 0 Å². The molecule has 4 rings (SSSR count).